The summed E-state index contributed by atoms with van der Waals surface area (Å²) in [4.78, 5) is 11.6. The molecule has 116 valence electrons. The van der Waals surface area contributed by atoms with Crippen molar-refractivity contribution in [3.8, 4) is 11.5 Å². The second-order valence-corrected chi connectivity index (χ2v) is 5.30. The molecule has 0 heterocycles. The third-order valence-electron chi connectivity index (χ3n) is 3.08. The van der Waals surface area contributed by atoms with Crippen molar-refractivity contribution in [1.82, 2.24) is 5.32 Å². The molecule has 2 N–H and O–H groups in total. The Morgan fingerprint density at radius 2 is 1.77 bits per heavy atom. The highest BCUT2D eigenvalue weighted by molar-refractivity contribution is 6.30. The molecule has 0 aliphatic carbocycles. The highest BCUT2D eigenvalue weighted by atomic mass is 35.5. The van der Waals surface area contributed by atoms with E-state index in [-0.39, 0.29) is 18.3 Å². The van der Waals surface area contributed by atoms with Gasteiger partial charge in [-0.25, -0.2) is 0 Å². The number of amides is 1. The van der Waals surface area contributed by atoms with Gasteiger partial charge in [-0.05, 0) is 54.8 Å². The van der Waals surface area contributed by atoms with Crippen molar-refractivity contribution in [1.29, 1.82) is 0 Å². The van der Waals surface area contributed by atoms with Crippen LogP contribution in [0.15, 0.2) is 48.5 Å². The van der Waals surface area contributed by atoms with Crippen molar-refractivity contribution in [2.45, 2.75) is 12.8 Å². The Bertz CT molecular complexity index is 596. The highest BCUT2D eigenvalue weighted by Crippen LogP contribution is 2.15. The van der Waals surface area contributed by atoms with Crippen molar-refractivity contribution in [3.05, 3.63) is 59.1 Å². The number of carbonyl (C=O) groups excluding carboxylic acids is 1. The predicted molar refractivity (Wildman–Crippen MR) is 86.4 cm³/mol. The first kappa shape index (κ1) is 16.2. The van der Waals surface area contributed by atoms with Crippen LogP contribution < -0.4 is 10.1 Å². The van der Waals surface area contributed by atoms with E-state index in [1.54, 1.807) is 36.4 Å². The molecule has 0 fully saturated rings. The van der Waals surface area contributed by atoms with E-state index in [4.69, 9.17) is 16.3 Å². The summed E-state index contributed by atoms with van der Waals surface area (Å²) in [5.41, 5.74) is 1.13. The standard InChI is InChI=1S/C17H18ClNO3/c18-14-5-9-16(10-6-14)22-12-17(21)19-11-1-2-13-3-7-15(20)8-4-13/h3-10,20H,1-2,11-12H2,(H,19,21). The highest BCUT2D eigenvalue weighted by Gasteiger charge is 2.02. The number of hydrogen-bond donors (Lipinski definition) is 2. The summed E-state index contributed by atoms with van der Waals surface area (Å²) in [5.74, 6) is 0.723. The summed E-state index contributed by atoms with van der Waals surface area (Å²) < 4.78 is 5.35. The zero-order valence-electron chi connectivity index (χ0n) is 12.1. The minimum absolute atomic E-state index is 0.0131. The number of carbonyl (C=O) groups is 1. The normalized spacial score (nSPS) is 10.2. The first-order valence-electron chi connectivity index (χ1n) is 7.06. The largest absolute Gasteiger partial charge is 0.508 e. The van der Waals surface area contributed by atoms with Crippen molar-refractivity contribution in [2.75, 3.05) is 13.2 Å². The number of halogens is 1. The third kappa shape index (κ3) is 5.66. The van der Waals surface area contributed by atoms with Gasteiger partial charge in [0.15, 0.2) is 6.61 Å². The molecule has 2 rings (SSSR count). The summed E-state index contributed by atoms with van der Waals surface area (Å²) >= 11 is 5.77. The predicted octanol–water partition coefficient (Wildman–Crippen LogP) is 3.17. The third-order valence-corrected chi connectivity index (χ3v) is 3.34. The van der Waals surface area contributed by atoms with E-state index < -0.39 is 0 Å². The summed E-state index contributed by atoms with van der Waals surface area (Å²) in [5, 5.41) is 12.6. The number of rotatable bonds is 7. The maximum Gasteiger partial charge on any atom is 0.257 e. The number of phenols is 1. The molecule has 4 nitrogen and oxygen atoms in total. The number of nitrogens with one attached hydrogen (secondary N) is 1. The van der Waals surface area contributed by atoms with E-state index in [0.717, 1.165) is 18.4 Å². The molecule has 0 saturated heterocycles. The van der Waals surface area contributed by atoms with Crippen LogP contribution >= 0.6 is 11.6 Å². The van der Waals surface area contributed by atoms with Gasteiger partial charge in [-0.15, -0.1) is 0 Å². The Balaban J connectivity index is 1.61. The average molecular weight is 320 g/mol. The van der Waals surface area contributed by atoms with Crippen LogP contribution in [0.1, 0.15) is 12.0 Å². The van der Waals surface area contributed by atoms with Crippen molar-refractivity contribution >= 4 is 17.5 Å². The molecule has 2 aromatic carbocycles. The van der Waals surface area contributed by atoms with Gasteiger partial charge in [-0.3, -0.25) is 4.79 Å². The fraction of sp³-hybridized carbons (Fsp3) is 0.235. The van der Waals surface area contributed by atoms with Gasteiger partial charge in [-0.1, -0.05) is 23.7 Å². The Hall–Kier alpha value is -2.20. The summed E-state index contributed by atoms with van der Waals surface area (Å²) in [6.45, 7) is 0.574. The van der Waals surface area contributed by atoms with Gasteiger partial charge >= 0.3 is 0 Å². The molecule has 1 amide bonds. The van der Waals surface area contributed by atoms with E-state index in [1.807, 2.05) is 12.1 Å². The second kappa shape index (κ2) is 8.29. The molecule has 0 bridgehead atoms. The Labute approximate surface area is 134 Å². The van der Waals surface area contributed by atoms with Crippen LogP contribution in [-0.2, 0) is 11.2 Å². The van der Waals surface area contributed by atoms with Gasteiger partial charge in [0.05, 0.1) is 0 Å². The number of hydrogen-bond acceptors (Lipinski definition) is 3. The number of ether oxygens (including phenoxy) is 1. The molecule has 0 radical (unpaired) electrons. The van der Waals surface area contributed by atoms with Gasteiger partial charge in [0.25, 0.3) is 5.91 Å². The van der Waals surface area contributed by atoms with Crippen molar-refractivity contribution in [3.63, 3.8) is 0 Å². The van der Waals surface area contributed by atoms with E-state index in [1.165, 1.54) is 0 Å². The summed E-state index contributed by atoms with van der Waals surface area (Å²) in [6, 6.07) is 13.9. The molecule has 2 aromatic rings. The first-order chi connectivity index (χ1) is 10.6. The molecule has 0 aliphatic rings. The Kier molecular flexibility index (Phi) is 6.10. The van der Waals surface area contributed by atoms with Gasteiger partial charge in [0, 0.05) is 11.6 Å². The van der Waals surface area contributed by atoms with E-state index >= 15 is 0 Å². The van der Waals surface area contributed by atoms with Gasteiger partial charge in [0.2, 0.25) is 0 Å². The maximum atomic E-state index is 11.6. The van der Waals surface area contributed by atoms with E-state index in [0.29, 0.717) is 17.3 Å². The topological polar surface area (TPSA) is 58.6 Å². The lowest BCUT2D eigenvalue weighted by Gasteiger charge is -2.07. The molecule has 0 spiro atoms. The number of phenolic OH excluding ortho intramolecular Hbond substituents is 1. The lowest BCUT2D eigenvalue weighted by atomic mass is 10.1. The Morgan fingerprint density at radius 1 is 1.09 bits per heavy atom. The fourth-order valence-electron chi connectivity index (χ4n) is 1.91. The smallest absolute Gasteiger partial charge is 0.257 e. The van der Waals surface area contributed by atoms with Crippen LogP contribution in [0.25, 0.3) is 0 Å². The molecule has 0 atom stereocenters. The van der Waals surface area contributed by atoms with Gasteiger partial charge in [0.1, 0.15) is 11.5 Å². The van der Waals surface area contributed by atoms with E-state index in [2.05, 4.69) is 5.32 Å². The van der Waals surface area contributed by atoms with Crippen molar-refractivity contribution < 1.29 is 14.6 Å². The van der Waals surface area contributed by atoms with Crippen LogP contribution in [0, 0.1) is 0 Å². The maximum absolute atomic E-state index is 11.6. The number of benzene rings is 2. The minimum Gasteiger partial charge on any atom is -0.508 e. The summed E-state index contributed by atoms with van der Waals surface area (Å²) in [7, 11) is 0. The number of aryl methyl sites for hydroxylation is 1. The van der Waals surface area contributed by atoms with Crippen molar-refractivity contribution in [2.24, 2.45) is 0 Å². The van der Waals surface area contributed by atoms with E-state index in [9.17, 15) is 9.90 Å². The molecule has 5 heteroatoms. The molecule has 0 aliphatic heterocycles. The fourth-order valence-corrected chi connectivity index (χ4v) is 2.04. The molecular formula is C17H18ClNO3. The molecular weight excluding hydrogens is 302 g/mol. The minimum atomic E-state index is -0.152. The molecule has 0 aromatic heterocycles. The van der Waals surface area contributed by atoms with Crippen LogP contribution in [-0.4, -0.2) is 24.2 Å². The van der Waals surface area contributed by atoms with Crippen LogP contribution in [0.5, 0.6) is 11.5 Å². The lowest BCUT2D eigenvalue weighted by molar-refractivity contribution is -0.123. The van der Waals surface area contributed by atoms with Crippen LogP contribution in [0.4, 0.5) is 0 Å². The van der Waals surface area contributed by atoms with Crippen LogP contribution in [0.2, 0.25) is 5.02 Å². The molecule has 22 heavy (non-hydrogen) atoms. The SMILES string of the molecule is O=C(COc1ccc(Cl)cc1)NCCCc1ccc(O)cc1. The second-order valence-electron chi connectivity index (χ2n) is 4.86. The van der Waals surface area contributed by atoms with Gasteiger partial charge < -0.3 is 15.2 Å². The average Bonchev–Trinajstić information content (AvgIpc) is 2.53. The lowest BCUT2D eigenvalue weighted by Crippen LogP contribution is -2.29. The first-order valence-corrected chi connectivity index (χ1v) is 7.44. The molecule has 0 unspecified atom stereocenters. The van der Waals surface area contributed by atoms with Crippen LogP contribution in [0.3, 0.4) is 0 Å². The zero-order valence-corrected chi connectivity index (χ0v) is 12.8. The summed E-state index contributed by atoms with van der Waals surface area (Å²) in [6.07, 6.45) is 1.68. The Morgan fingerprint density at radius 3 is 2.45 bits per heavy atom. The number of aromatic hydroxyl groups is 1. The van der Waals surface area contributed by atoms with Gasteiger partial charge in [-0.2, -0.15) is 0 Å². The quantitative estimate of drug-likeness (QED) is 0.771. The molecule has 0 saturated carbocycles. The monoisotopic (exact) mass is 319 g/mol. The zero-order chi connectivity index (χ0) is 15.8.